The Balaban J connectivity index is 4.17. The maximum absolute atomic E-state index is 12.2. The Morgan fingerprint density at radius 1 is 1.31 bits per heavy atom. The van der Waals surface area contributed by atoms with Crippen LogP contribution >= 0.6 is 0 Å². The minimum Gasteiger partial charge on any atom is -0.383 e. The van der Waals surface area contributed by atoms with Gasteiger partial charge in [-0.1, -0.05) is 13.8 Å². The standard InChI is InChI=1S/C10H21F3N2O/c1-8(2)14-5-9(6-16-4)15(3)7-10(11,12)13/h8-9,14H,5-7H2,1-4H3. The highest BCUT2D eigenvalue weighted by atomic mass is 19.4. The molecule has 0 aliphatic carbocycles. The van der Waals surface area contributed by atoms with Gasteiger partial charge in [0, 0.05) is 25.7 Å². The van der Waals surface area contributed by atoms with Crippen LogP contribution in [0, 0.1) is 0 Å². The van der Waals surface area contributed by atoms with Gasteiger partial charge in [-0.2, -0.15) is 13.2 Å². The van der Waals surface area contributed by atoms with E-state index in [-0.39, 0.29) is 18.7 Å². The number of methoxy groups -OCH3 is 1. The first kappa shape index (κ1) is 15.7. The zero-order valence-electron chi connectivity index (χ0n) is 10.3. The van der Waals surface area contributed by atoms with E-state index >= 15 is 0 Å². The Morgan fingerprint density at radius 2 is 1.88 bits per heavy atom. The third-order valence-electron chi connectivity index (χ3n) is 2.17. The normalized spacial score (nSPS) is 14.8. The quantitative estimate of drug-likeness (QED) is 0.732. The van der Waals surface area contributed by atoms with Crippen LogP contribution in [-0.2, 0) is 4.74 Å². The second-order valence-corrected chi connectivity index (χ2v) is 4.20. The molecule has 16 heavy (non-hydrogen) atoms. The monoisotopic (exact) mass is 242 g/mol. The number of hydrogen-bond acceptors (Lipinski definition) is 3. The second kappa shape index (κ2) is 7.09. The van der Waals surface area contributed by atoms with Crippen molar-refractivity contribution >= 4 is 0 Å². The summed E-state index contributed by atoms with van der Waals surface area (Å²) in [6, 6.07) is -0.0207. The van der Waals surface area contributed by atoms with E-state index in [9.17, 15) is 13.2 Å². The third kappa shape index (κ3) is 7.90. The molecule has 0 amide bonds. The number of likely N-dealkylation sites (N-methyl/N-ethyl adjacent to an activating group) is 1. The van der Waals surface area contributed by atoms with Crippen LogP contribution in [0.2, 0.25) is 0 Å². The van der Waals surface area contributed by atoms with Crippen LogP contribution in [0.15, 0.2) is 0 Å². The Kier molecular flexibility index (Phi) is 6.94. The van der Waals surface area contributed by atoms with E-state index < -0.39 is 12.7 Å². The zero-order valence-corrected chi connectivity index (χ0v) is 10.3. The summed E-state index contributed by atoms with van der Waals surface area (Å²) in [5.41, 5.74) is 0. The molecule has 0 radical (unpaired) electrons. The van der Waals surface area contributed by atoms with Crippen molar-refractivity contribution in [1.29, 1.82) is 0 Å². The molecule has 0 heterocycles. The van der Waals surface area contributed by atoms with Crippen molar-refractivity contribution < 1.29 is 17.9 Å². The molecule has 0 spiro atoms. The van der Waals surface area contributed by atoms with Crippen molar-refractivity contribution in [2.45, 2.75) is 32.1 Å². The molecule has 98 valence electrons. The van der Waals surface area contributed by atoms with E-state index in [1.165, 1.54) is 19.1 Å². The minimum absolute atomic E-state index is 0.249. The molecule has 0 saturated heterocycles. The van der Waals surface area contributed by atoms with Crippen LogP contribution in [0.4, 0.5) is 13.2 Å². The predicted octanol–water partition coefficient (Wildman–Crippen LogP) is 1.49. The minimum atomic E-state index is -4.17. The van der Waals surface area contributed by atoms with Crippen molar-refractivity contribution in [2.24, 2.45) is 0 Å². The number of ether oxygens (including phenoxy) is 1. The van der Waals surface area contributed by atoms with Crippen molar-refractivity contribution in [2.75, 3.05) is 33.9 Å². The van der Waals surface area contributed by atoms with Crippen LogP contribution in [0.25, 0.3) is 0 Å². The average Bonchev–Trinajstić information content (AvgIpc) is 2.08. The van der Waals surface area contributed by atoms with Gasteiger partial charge in [0.25, 0.3) is 0 Å². The van der Waals surface area contributed by atoms with Crippen LogP contribution < -0.4 is 5.32 Å². The van der Waals surface area contributed by atoms with E-state index in [0.717, 1.165) is 0 Å². The van der Waals surface area contributed by atoms with Gasteiger partial charge in [0.05, 0.1) is 13.2 Å². The Hall–Kier alpha value is -0.330. The van der Waals surface area contributed by atoms with E-state index in [0.29, 0.717) is 6.54 Å². The van der Waals surface area contributed by atoms with Gasteiger partial charge < -0.3 is 10.1 Å². The smallest absolute Gasteiger partial charge is 0.383 e. The lowest BCUT2D eigenvalue weighted by Gasteiger charge is -2.29. The lowest BCUT2D eigenvalue weighted by Crippen LogP contribution is -2.47. The second-order valence-electron chi connectivity index (χ2n) is 4.20. The molecule has 0 aliphatic rings. The van der Waals surface area contributed by atoms with Gasteiger partial charge in [-0.05, 0) is 7.05 Å². The van der Waals surface area contributed by atoms with E-state index in [1.807, 2.05) is 13.8 Å². The van der Waals surface area contributed by atoms with Gasteiger partial charge in [0.15, 0.2) is 0 Å². The molecule has 1 unspecified atom stereocenters. The van der Waals surface area contributed by atoms with Crippen molar-refractivity contribution in [3.05, 3.63) is 0 Å². The lowest BCUT2D eigenvalue weighted by molar-refractivity contribution is -0.149. The summed E-state index contributed by atoms with van der Waals surface area (Å²) in [5, 5.41) is 3.11. The number of halogens is 3. The molecule has 0 saturated carbocycles. The number of nitrogens with one attached hydrogen (secondary N) is 1. The van der Waals surface area contributed by atoms with Gasteiger partial charge in [0.1, 0.15) is 0 Å². The molecule has 1 atom stereocenters. The summed E-state index contributed by atoms with van der Waals surface area (Å²) in [6.45, 7) is 3.76. The van der Waals surface area contributed by atoms with Gasteiger partial charge in [-0.3, -0.25) is 4.90 Å². The first-order valence-electron chi connectivity index (χ1n) is 5.25. The predicted molar refractivity (Wildman–Crippen MR) is 57.5 cm³/mol. The summed E-state index contributed by atoms with van der Waals surface area (Å²) in [7, 11) is 2.95. The molecule has 0 aromatic carbocycles. The third-order valence-corrected chi connectivity index (χ3v) is 2.17. The van der Waals surface area contributed by atoms with Gasteiger partial charge in [-0.25, -0.2) is 0 Å². The maximum Gasteiger partial charge on any atom is 0.401 e. The fourth-order valence-electron chi connectivity index (χ4n) is 1.32. The average molecular weight is 242 g/mol. The van der Waals surface area contributed by atoms with Gasteiger partial charge in [0.2, 0.25) is 0 Å². The Bertz CT molecular complexity index is 185. The molecule has 0 fully saturated rings. The molecule has 3 nitrogen and oxygen atoms in total. The van der Waals surface area contributed by atoms with Crippen LogP contribution in [0.3, 0.4) is 0 Å². The Labute approximate surface area is 94.9 Å². The summed E-state index contributed by atoms with van der Waals surface area (Å²) in [6.07, 6.45) is -4.17. The summed E-state index contributed by atoms with van der Waals surface area (Å²) in [5.74, 6) is 0. The highest BCUT2D eigenvalue weighted by Crippen LogP contribution is 2.16. The summed E-state index contributed by atoms with van der Waals surface area (Å²) < 4.78 is 41.5. The first-order chi connectivity index (χ1) is 7.26. The zero-order chi connectivity index (χ0) is 12.8. The SMILES string of the molecule is COCC(CNC(C)C)N(C)CC(F)(F)F. The van der Waals surface area contributed by atoms with Crippen LogP contribution in [0.1, 0.15) is 13.8 Å². The number of hydrogen-bond donors (Lipinski definition) is 1. The van der Waals surface area contributed by atoms with E-state index in [1.54, 1.807) is 0 Å². The largest absolute Gasteiger partial charge is 0.401 e. The van der Waals surface area contributed by atoms with Crippen LogP contribution in [-0.4, -0.2) is 57.0 Å². The highest BCUT2D eigenvalue weighted by Gasteiger charge is 2.31. The summed E-state index contributed by atoms with van der Waals surface area (Å²) >= 11 is 0. The lowest BCUT2D eigenvalue weighted by atomic mass is 10.2. The van der Waals surface area contributed by atoms with Crippen molar-refractivity contribution in [1.82, 2.24) is 10.2 Å². The van der Waals surface area contributed by atoms with Gasteiger partial charge in [-0.15, -0.1) is 0 Å². The number of alkyl halides is 3. The molecular formula is C10H21F3N2O. The number of rotatable bonds is 7. The topological polar surface area (TPSA) is 24.5 Å². The molecule has 0 aliphatic heterocycles. The van der Waals surface area contributed by atoms with E-state index in [4.69, 9.17) is 4.74 Å². The van der Waals surface area contributed by atoms with Crippen LogP contribution in [0.5, 0.6) is 0 Å². The van der Waals surface area contributed by atoms with Crippen molar-refractivity contribution in [3.8, 4) is 0 Å². The highest BCUT2D eigenvalue weighted by molar-refractivity contribution is 4.74. The molecule has 0 rings (SSSR count). The maximum atomic E-state index is 12.2. The molecular weight excluding hydrogens is 221 g/mol. The first-order valence-corrected chi connectivity index (χ1v) is 5.25. The molecule has 6 heteroatoms. The summed E-state index contributed by atoms with van der Waals surface area (Å²) in [4.78, 5) is 1.26. The fourth-order valence-corrected chi connectivity index (χ4v) is 1.32. The van der Waals surface area contributed by atoms with Crippen molar-refractivity contribution in [3.63, 3.8) is 0 Å². The Morgan fingerprint density at radius 3 is 2.25 bits per heavy atom. The van der Waals surface area contributed by atoms with E-state index in [2.05, 4.69) is 5.32 Å². The molecule has 1 N–H and O–H groups in total. The number of nitrogens with zero attached hydrogens (tertiary/aromatic N) is 1. The molecule has 0 aromatic heterocycles. The van der Waals surface area contributed by atoms with Gasteiger partial charge >= 0.3 is 6.18 Å². The molecule has 0 aromatic rings. The fraction of sp³-hybridized carbons (Fsp3) is 1.00. The molecule has 0 bridgehead atoms.